The highest BCUT2D eigenvalue weighted by molar-refractivity contribution is 7.10. The zero-order valence-electron chi connectivity index (χ0n) is 8.00. The molecule has 0 aliphatic carbocycles. The van der Waals surface area contributed by atoms with E-state index in [1.165, 1.54) is 0 Å². The average molecular weight is 220 g/mol. The number of hydrogen-bond donors (Lipinski definition) is 1. The molecule has 0 spiro atoms. The molecule has 0 aliphatic heterocycles. The van der Waals surface area contributed by atoms with Crippen molar-refractivity contribution in [3.8, 4) is 0 Å². The minimum atomic E-state index is -0.380. The average Bonchev–Trinajstić information content (AvgIpc) is 2.50. The van der Waals surface area contributed by atoms with Crippen molar-refractivity contribution >= 4 is 22.9 Å². The number of hydrogen-bond acceptors (Lipinski definition) is 3. The molecule has 1 rings (SSSR count). The molecule has 1 aromatic heterocycles. The number of halogens is 1. The maximum atomic E-state index is 6.03. The summed E-state index contributed by atoms with van der Waals surface area (Å²) in [5.41, 5.74) is 5.65. The molecule has 0 saturated heterocycles. The summed E-state index contributed by atoms with van der Waals surface area (Å²) < 4.78 is 5.30. The van der Waals surface area contributed by atoms with E-state index >= 15 is 0 Å². The SMILES string of the molecule is COC(C)(C)C(N)c1sccc1Cl. The molecule has 0 radical (unpaired) electrons. The van der Waals surface area contributed by atoms with Crippen molar-refractivity contribution < 1.29 is 4.74 Å². The Hall–Kier alpha value is -0.0900. The number of methoxy groups -OCH3 is 1. The first-order chi connectivity index (χ1) is 5.99. The zero-order valence-corrected chi connectivity index (χ0v) is 9.58. The number of nitrogens with two attached hydrogens (primary N) is 1. The van der Waals surface area contributed by atoms with Crippen molar-refractivity contribution in [2.75, 3.05) is 7.11 Å². The Balaban J connectivity index is 2.91. The monoisotopic (exact) mass is 219 g/mol. The summed E-state index contributed by atoms with van der Waals surface area (Å²) in [4.78, 5) is 0.980. The highest BCUT2D eigenvalue weighted by Gasteiger charge is 2.29. The van der Waals surface area contributed by atoms with Crippen molar-refractivity contribution in [3.63, 3.8) is 0 Å². The molecule has 1 unspecified atom stereocenters. The Kier molecular flexibility index (Phi) is 3.35. The summed E-state index contributed by atoms with van der Waals surface area (Å²) in [6.07, 6.45) is 0. The van der Waals surface area contributed by atoms with E-state index in [0.29, 0.717) is 0 Å². The number of thiophene rings is 1. The van der Waals surface area contributed by atoms with Gasteiger partial charge in [0.25, 0.3) is 0 Å². The second-order valence-corrected chi connectivity index (χ2v) is 4.77. The fourth-order valence-corrected chi connectivity index (χ4v) is 2.32. The van der Waals surface area contributed by atoms with Crippen LogP contribution in [-0.4, -0.2) is 12.7 Å². The third-order valence-electron chi connectivity index (χ3n) is 2.20. The third-order valence-corrected chi connectivity index (χ3v) is 3.64. The van der Waals surface area contributed by atoms with Crippen LogP contribution in [0.3, 0.4) is 0 Å². The standard InChI is InChI=1S/C9H14ClNOS/c1-9(2,12-3)8(11)7-6(10)4-5-13-7/h4-5,8H,11H2,1-3H3. The van der Waals surface area contributed by atoms with Crippen molar-refractivity contribution in [1.82, 2.24) is 0 Å². The minimum absolute atomic E-state index is 0.176. The highest BCUT2D eigenvalue weighted by Crippen LogP contribution is 2.34. The van der Waals surface area contributed by atoms with Crippen LogP contribution in [0, 0.1) is 0 Å². The first-order valence-corrected chi connectivity index (χ1v) is 5.28. The van der Waals surface area contributed by atoms with Crippen molar-refractivity contribution in [2.45, 2.75) is 25.5 Å². The highest BCUT2D eigenvalue weighted by atomic mass is 35.5. The number of ether oxygens (including phenoxy) is 1. The van der Waals surface area contributed by atoms with Gasteiger partial charge in [-0.25, -0.2) is 0 Å². The fourth-order valence-electron chi connectivity index (χ4n) is 0.970. The molecule has 0 bridgehead atoms. The fraction of sp³-hybridized carbons (Fsp3) is 0.556. The summed E-state index contributed by atoms with van der Waals surface area (Å²) in [6.45, 7) is 3.90. The molecule has 0 fully saturated rings. The van der Waals surface area contributed by atoms with E-state index in [9.17, 15) is 0 Å². The lowest BCUT2D eigenvalue weighted by atomic mass is 9.98. The van der Waals surface area contributed by atoms with Gasteiger partial charge in [-0.05, 0) is 25.3 Å². The van der Waals surface area contributed by atoms with Gasteiger partial charge in [-0.1, -0.05) is 11.6 Å². The van der Waals surface area contributed by atoms with E-state index < -0.39 is 0 Å². The third kappa shape index (κ3) is 2.23. The van der Waals surface area contributed by atoms with Crippen LogP contribution in [0.2, 0.25) is 5.02 Å². The maximum Gasteiger partial charge on any atom is 0.0823 e. The molecule has 74 valence electrons. The van der Waals surface area contributed by atoms with Crippen LogP contribution in [0.4, 0.5) is 0 Å². The largest absolute Gasteiger partial charge is 0.377 e. The van der Waals surface area contributed by atoms with Gasteiger partial charge in [0.15, 0.2) is 0 Å². The summed E-state index contributed by atoms with van der Waals surface area (Å²) in [7, 11) is 1.65. The van der Waals surface area contributed by atoms with Gasteiger partial charge in [0.05, 0.1) is 16.7 Å². The van der Waals surface area contributed by atoms with E-state index in [1.807, 2.05) is 25.3 Å². The summed E-state index contributed by atoms with van der Waals surface area (Å²) >= 11 is 7.54. The predicted octanol–water partition coefficient (Wildman–Crippen LogP) is 2.83. The molecule has 4 heteroatoms. The molecule has 1 heterocycles. The summed E-state index contributed by atoms with van der Waals surface area (Å²) in [5.74, 6) is 0. The molecule has 2 nitrogen and oxygen atoms in total. The molecule has 2 N–H and O–H groups in total. The van der Waals surface area contributed by atoms with Crippen LogP contribution in [0.15, 0.2) is 11.4 Å². The van der Waals surface area contributed by atoms with Crippen LogP contribution in [-0.2, 0) is 4.74 Å². The van der Waals surface area contributed by atoms with Gasteiger partial charge in [-0.2, -0.15) is 0 Å². The van der Waals surface area contributed by atoms with Crippen molar-refractivity contribution in [1.29, 1.82) is 0 Å². The second-order valence-electron chi connectivity index (χ2n) is 3.42. The van der Waals surface area contributed by atoms with Crippen molar-refractivity contribution in [3.05, 3.63) is 21.3 Å². The van der Waals surface area contributed by atoms with Gasteiger partial charge < -0.3 is 10.5 Å². The van der Waals surface area contributed by atoms with Crippen LogP contribution < -0.4 is 5.73 Å². The van der Waals surface area contributed by atoms with Gasteiger partial charge in [-0.3, -0.25) is 0 Å². The first kappa shape index (κ1) is 11.0. The summed E-state index contributed by atoms with van der Waals surface area (Å²) in [5, 5.41) is 2.66. The molecule has 0 amide bonds. The Morgan fingerprint density at radius 1 is 1.62 bits per heavy atom. The van der Waals surface area contributed by atoms with Crippen LogP contribution in [0.5, 0.6) is 0 Å². The lowest BCUT2D eigenvalue weighted by Crippen LogP contribution is -2.36. The van der Waals surface area contributed by atoms with Gasteiger partial charge in [0.1, 0.15) is 0 Å². The lowest BCUT2D eigenvalue weighted by molar-refractivity contribution is 0.000881. The van der Waals surface area contributed by atoms with Crippen LogP contribution in [0.1, 0.15) is 24.8 Å². The normalized spacial score (nSPS) is 14.5. The Labute approximate surface area is 87.7 Å². The van der Waals surface area contributed by atoms with Gasteiger partial charge in [0.2, 0.25) is 0 Å². The van der Waals surface area contributed by atoms with E-state index in [1.54, 1.807) is 18.4 Å². The van der Waals surface area contributed by atoms with E-state index in [0.717, 1.165) is 9.90 Å². The number of rotatable bonds is 3. The molecule has 1 atom stereocenters. The molecule has 1 aromatic rings. The summed E-state index contributed by atoms with van der Waals surface area (Å²) in [6, 6.07) is 1.68. The maximum absolute atomic E-state index is 6.03. The van der Waals surface area contributed by atoms with E-state index in [2.05, 4.69) is 0 Å². The van der Waals surface area contributed by atoms with E-state index in [-0.39, 0.29) is 11.6 Å². The smallest absolute Gasteiger partial charge is 0.0823 e. The Morgan fingerprint density at radius 2 is 2.23 bits per heavy atom. The Morgan fingerprint density at radius 3 is 2.62 bits per heavy atom. The molecular formula is C9H14ClNOS. The van der Waals surface area contributed by atoms with Gasteiger partial charge in [-0.15, -0.1) is 11.3 Å². The van der Waals surface area contributed by atoms with Crippen molar-refractivity contribution in [2.24, 2.45) is 5.73 Å². The van der Waals surface area contributed by atoms with Crippen LogP contribution in [0.25, 0.3) is 0 Å². The second kappa shape index (κ2) is 3.96. The topological polar surface area (TPSA) is 35.2 Å². The van der Waals surface area contributed by atoms with Crippen LogP contribution >= 0.6 is 22.9 Å². The molecular weight excluding hydrogens is 206 g/mol. The molecule has 0 aliphatic rings. The van der Waals surface area contributed by atoms with E-state index in [4.69, 9.17) is 22.1 Å². The molecule has 0 saturated carbocycles. The van der Waals surface area contributed by atoms with Gasteiger partial charge >= 0.3 is 0 Å². The minimum Gasteiger partial charge on any atom is -0.377 e. The lowest BCUT2D eigenvalue weighted by Gasteiger charge is -2.29. The molecule has 13 heavy (non-hydrogen) atoms. The zero-order chi connectivity index (χ0) is 10.1. The first-order valence-electron chi connectivity index (χ1n) is 4.02. The predicted molar refractivity (Wildman–Crippen MR) is 57.3 cm³/mol. The quantitative estimate of drug-likeness (QED) is 0.849. The molecule has 0 aromatic carbocycles. The Bertz CT molecular complexity index is 285. The van der Waals surface area contributed by atoms with Gasteiger partial charge in [0, 0.05) is 12.0 Å².